The summed E-state index contributed by atoms with van der Waals surface area (Å²) in [5.41, 5.74) is 0.0242. The van der Waals surface area contributed by atoms with Crippen molar-refractivity contribution in [2.24, 2.45) is 0 Å². The van der Waals surface area contributed by atoms with Crippen LogP contribution in [-0.2, 0) is 0 Å². The quantitative estimate of drug-likeness (QED) is 0.814. The lowest BCUT2D eigenvalue weighted by molar-refractivity contribution is 0.00140. The molecule has 92 valence electrons. The van der Waals surface area contributed by atoms with Gasteiger partial charge in [0, 0.05) is 5.56 Å². The molecule has 3 nitrogen and oxygen atoms in total. The summed E-state index contributed by atoms with van der Waals surface area (Å²) in [6, 6.07) is 7.04. The van der Waals surface area contributed by atoms with Crippen molar-refractivity contribution in [1.29, 1.82) is 0 Å². The van der Waals surface area contributed by atoms with Gasteiger partial charge in [-0.15, -0.1) is 0 Å². The standard InChI is InChI=1S/C14H18O3/c1-11(15)12-4-6-13(7-5-12)17-10-14(16)8-2-3-9-14/h4-7,16H,2-3,8-10H2,1H3. The van der Waals surface area contributed by atoms with Crippen LogP contribution in [0.3, 0.4) is 0 Å². The molecule has 3 heteroatoms. The summed E-state index contributed by atoms with van der Waals surface area (Å²) in [7, 11) is 0. The van der Waals surface area contributed by atoms with Crippen molar-refractivity contribution in [3.8, 4) is 5.75 Å². The molecule has 1 fully saturated rings. The number of aliphatic hydroxyl groups is 1. The van der Waals surface area contributed by atoms with Crippen molar-refractivity contribution < 1.29 is 14.6 Å². The Morgan fingerprint density at radius 3 is 2.41 bits per heavy atom. The number of carbonyl (C=O) groups excluding carboxylic acids is 1. The summed E-state index contributed by atoms with van der Waals surface area (Å²) in [6.07, 6.45) is 3.78. The van der Waals surface area contributed by atoms with E-state index >= 15 is 0 Å². The lowest BCUT2D eigenvalue weighted by Gasteiger charge is -2.22. The predicted octanol–water partition coefficient (Wildman–Crippen LogP) is 2.57. The molecule has 1 N–H and O–H groups in total. The van der Waals surface area contributed by atoms with Gasteiger partial charge in [0.05, 0.1) is 5.60 Å². The lowest BCUT2D eigenvalue weighted by atomic mass is 10.0. The molecule has 1 aliphatic carbocycles. The minimum Gasteiger partial charge on any atom is -0.491 e. The van der Waals surface area contributed by atoms with Gasteiger partial charge in [0.15, 0.2) is 5.78 Å². The minimum atomic E-state index is -0.654. The normalized spacial score (nSPS) is 18.0. The first-order valence-corrected chi connectivity index (χ1v) is 6.05. The van der Waals surface area contributed by atoms with E-state index in [9.17, 15) is 9.90 Å². The molecule has 0 aliphatic heterocycles. The zero-order chi connectivity index (χ0) is 12.3. The second-order valence-electron chi connectivity index (χ2n) is 4.80. The second-order valence-corrected chi connectivity index (χ2v) is 4.80. The molecule has 0 aromatic heterocycles. The van der Waals surface area contributed by atoms with Gasteiger partial charge in [-0.25, -0.2) is 0 Å². The zero-order valence-electron chi connectivity index (χ0n) is 10.1. The number of ether oxygens (including phenoxy) is 1. The third-order valence-electron chi connectivity index (χ3n) is 3.30. The largest absolute Gasteiger partial charge is 0.491 e. The Morgan fingerprint density at radius 1 is 1.29 bits per heavy atom. The smallest absolute Gasteiger partial charge is 0.159 e. The zero-order valence-corrected chi connectivity index (χ0v) is 10.1. The number of carbonyl (C=O) groups is 1. The number of rotatable bonds is 4. The van der Waals surface area contributed by atoms with Crippen molar-refractivity contribution in [3.05, 3.63) is 29.8 Å². The third kappa shape index (κ3) is 3.07. The maximum atomic E-state index is 11.1. The monoisotopic (exact) mass is 234 g/mol. The predicted molar refractivity (Wildman–Crippen MR) is 65.4 cm³/mol. The molecule has 2 rings (SSSR count). The molecule has 1 aromatic carbocycles. The average molecular weight is 234 g/mol. The fourth-order valence-electron chi connectivity index (χ4n) is 2.18. The van der Waals surface area contributed by atoms with E-state index in [4.69, 9.17) is 4.74 Å². The van der Waals surface area contributed by atoms with Gasteiger partial charge in [-0.2, -0.15) is 0 Å². The van der Waals surface area contributed by atoms with E-state index in [0.29, 0.717) is 17.9 Å². The molecule has 0 unspecified atom stereocenters. The van der Waals surface area contributed by atoms with E-state index in [1.54, 1.807) is 24.3 Å². The van der Waals surface area contributed by atoms with Gasteiger partial charge in [0.2, 0.25) is 0 Å². The van der Waals surface area contributed by atoms with Crippen LogP contribution in [0.1, 0.15) is 43.0 Å². The van der Waals surface area contributed by atoms with E-state index in [1.807, 2.05) is 0 Å². The maximum absolute atomic E-state index is 11.1. The summed E-state index contributed by atoms with van der Waals surface area (Å²) >= 11 is 0. The van der Waals surface area contributed by atoms with Gasteiger partial charge in [0.25, 0.3) is 0 Å². The van der Waals surface area contributed by atoms with Crippen LogP contribution in [0.2, 0.25) is 0 Å². The fraction of sp³-hybridized carbons (Fsp3) is 0.500. The van der Waals surface area contributed by atoms with Gasteiger partial charge < -0.3 is 9.84 Å². The molecule has 17 heavy (non-hydrogen) atoms. The molecule has 0 saturated heterocycles. The molecular formula is C14H18O3. The van der Waals surface area contributed by atoms with Crippen LogP contribution >= 0.6 is 0 Å². The molecule has 0 spiro atoms. The van der Waals surface area contributed by atoms with E-state index in [-0.39, 0.29) is 5.78 Å². The van der Waals surface area contributed by atoms with Crippen LogP contribution in [0.5, 0.6) is 5.75 Å². The minimum absolute atomic E-state index is 0.0472. The number of Topliss-reactive ketones (excluding diaryl/α,β-unsaturated/α-hetero) is 1. The molecule has 1 aromatic rings. The van der Waals surface area contributed by atoms with Crippen LogP contribution in [0.4, 0.5) is 0 Å². The maximum Gasteiger partial charge on any atom is 0.159 e. The van der Waals surface area contributed by atoms with Gasteiger partial charge in [-0.1, -0.05) is 12.8 Å². The highest BCUT2D eigenvalue weighted by atomic mass is 16.5. The van der Waals surface area contributed by atoms with Crippen molar-refractivity contribution in [3.63, 3.8) is 0 Å². The van der Waals surface area contributed by atoms with Crippen molar-refractivity contribution in [2.75, 3.05) is 6.61 Å². The molecule has 1 aliphatic rings. The number of benzene rings is 1. The molecule has 0 bridgehead atoms. The Morgan fingerprint density at radius 2 is 1.88 bits per heavy atom. The van der Waals surface area contributed by atoms with Crippen molar-refractivity contribution >= 4 is 5.78 Å². The van der Waals surface area contributed by atoms with Crippen LogP contribution in [0.25, 0.3) is 0 Å². The molecule has 0 atom stereocenters. The summed E-state index contributed by atoms with van der Waals surface area (Å²) < 4.78 is 5.57. The van der Waals surface area contributed by atoms with Crippen LogP contribution in [0, 0.1) is 0 Å². The van der Waals surface area contributed by atoms with Crippen LogP contribution in [-0.4, -0.2) is 23.1 Å². The van der Waals surface area contributed by atoms with Crippen LogP contribution < -0.4 is 4.74 Å². The van der Waals surface area contributed by atoms with Crippen molar-refractivity contribution in [1.82, 2.24) is 0 Å². The summed E-state index contributed by atoms with van der Waals surface area (Å²) in [4.78, 5) is 11.1. The lowest BCUT2D eigenvalue weighted by Crippen LogP contribution is -2.32. The molecular weight excluding hydrogens is 216 g/mol. The Bertz CT molecular complexity index is 388. The van der Waals surface area contributed by atoms with E-state index in [1.165, 1.54) is 6.92 Å². The SMILES string of the molecule is CC(=O)c1ccc(OCC2(O)CCCC2)cc1. The number of hydrogen-bond donors (Lipinski definition) is 1. The second kappa shape index (κ2) is 4.88. The Hall–Kier alpha value is -1.35. The Balaban J connectivity index is 1.93. The summed E-state index contributed by atoms with van der Waals surface area (Å²) in [6.45, 7) is 1.88. The summed E-state index contributed by atoms with van der Waals surface area (Å²) in [5, 5.41) is 10.1. The van der Waals surface area contributed by atoms with Crippen molar-refractivity contribution in [2.45, 2.75) is 38.2 Å². The number of ketones is 1. The van der Waals surface area contributed by atoms with Gasteiger partial charge in [0.1, 0.15) is 12.4 Å². The van der Waals surface area contributed by atoms with E-state index in [2.05, 4.69) is 0 Å². The van der Waals surface area contributed by atoms with Gasteiger partial charge >= 0.3 is 0 Å². The van der Waals surface area contributed by atoms with Crippen LogP contribution in [0.15, 0.2) is 24.3 Å². The molecule has 1 saturated carbocycles. The van der Waals surface area contributed by atoms with E-state index < -0.39 is 5.60 Å². The third-order valence-corrected chi connectivity index (χ3v) is 3.30. The first kappa shape index (κ1) is 12.1. The first-order chi connectivity index (χ1) is 8.09. The Labute approximate surface area is 101 Å². The van der Waals surface area contributed by atoms with Gasteiger partial charge in [-0.3, -0.25) is 4.79 Å². The first-order valence-electron chi connectivity index (χ1n) is 6.05. The van der Waals surface area contributed by atoms with E-state index in [0.717, 1.165) is 25.7 Å². The fourth-order valence-corrected chi connectivity index (χ4v) is 2.18. The Kier molecular flexibility index (Phi) is 3.48. The topological polar surface area (TPSA) is 46.5 Å². The molecule has 0 heterocycles. The molecule has 0 radical (unpaired) electrons. The highest BCUT2D eigenvalue weighted by Gasteiger charge is 2.31. The average Bonchev–Trinajstić information content (AvgIpc) is 2.75. The molecule has 0 amide bonds. The highest BCUT2D eigenvalue weighted by molar-refractivity contribution is 5.94. The van der Waals surface area contributed by atoms with Gasteiger partial charge in [-0.05, 0) is 44.0 Å². The number of hydrogen-bond acceptors (Lipinski definition) is 3. The highest BCUT2D eigenvalue weighted by Crippen LogP contribution is 2.30. The summed E-state index contributed by atoms with van der Waals surface area (Å²) in [5.74, 6) is 0.751.